The van der Waals surface area contributed by atoms with Gasteiger partial charge < -0.3 is 4.90 Å². The number of nitrogens with one attached hydrogen (secondary N) is 1. The van der Waals surface area contributed by atoms with Gasteiger partial charge in [0.2, 0.25) is 10.0 Å². The van der Waals surface area contributed by atoms with Crippen molar-refractivity contribution in [2.75, 3.05) is 19.3 Å². The predicted octanol–water partition coefficient (Wildman–Crippen LogP) is 4.43. The summed E-state index contributed by atoms with van der Waals surface area (Å²) in [6.45, 7) is 1.44. The van der Waals surface area contributed by atoms with Crippen molar-refractivity contribution < 1.29 is 13.2 Å². The first kappa shape index (κ1) is 21.5. The van der Waals surface area contributed by atoms with Crippen molar-refractivity contribution in [3.05, 3.63) is 57.6 Å². The SMILES string of the molecule is CSc1ccc(S(=O)(=O)NCc2ccc(Cl)cc2Cl)cc1C(=O)N1CCCC1. The van der Waals surface area contributed by atoms with Crippen molar-refractivity contribution in [1.29, 1.82) is 0 Å². The molecule has 1 aliphatic rings. The number of benzene rings is 2. The number of amides is 1. The molecule has 0 unspecified atom stereocenters. The Morgan fingerprint density at radius 2 is 1.86 bits per heavy atom. The van der Waals surface area contributed by atoms with Gasteiger partial charge in [0, 0.05) is 34.6 Å². The van der Waals surface area contributed by atoms with Gasteiger partial charge in [-0.3, -0.25) is 4.79 Å². The average Bonchev–Trinajstić information content (AvgIpc) is 3.21. The maximum Gasteiger partial charge on any atom is 0.255 e. The minimum atomic E-state index is -3.81. The Labute approximate surface area is 179 Å². The summed E-state index contributed by atoms with van der Waals surface area (Å²) in [6.07, 6.45) is 3.81. The highest BCUT2D eigenvalue weighted by Crippen LogP contribution is 2.27. The van der Waals surface area contributed by atoms with Crippen LogP contribution in [0.2, 0.25) is 10.0 Å². The molecule has 1 saturated heterocycles. The van der Waals surface area contributed by atoms with Crippen LogP contribution in [0.4, 0.5) is 0 Å². The van der Waals surface area contributed by atoms with Crippen molar-refractivity contribution in [2.24, 2.45) is 0 Å². The van der Waals surface area contributed by atoms with Crippen LogP contribution < -0.4 is 4.72 Å². The second-order valence-corrected chi connectivity index (χ2v) is 9.88. The molecule has 1 amide bonds. The number of thioether (sulfide) groups is 1. The molecule has 0 aliphatic carbocycles. The Morgan fingerprint density at radius 1 is 1.14 bits per heavy atom. The summed E-state index contributed by atoms with van der Waals surface area (Å²) in [5.74, 6) is -0.125. The molecular weight excluding hydrogens is 439 g/mol. The molecule has 5 nitrogen and oxygen atoms in total. The van der Waals surface area contributed by atoms with E-state index in [0.29, 0.717) is 34.3 Å². The Bertz CT molecular complexity index is 991. The van der Waals surface area contributed by atoms with E-state index in [1.807, 2.05) is 6.26 Å². The third-order valence-electron chi connectivity index (χ3n) is 4.57. The van der Waals surface area contributed by atoms with Gasteiger partial charge >= 0.3 is 0 Å². The van der Waals surface area contributed by atoms with Crippen molar-refractivity contribution in [1.82, 2.24) is 9.62 Å². The van der Waals surface area contributed by atoms with E-state index in [-0.39, 0.29) is 17.3 Å². The van der Waals surface area contributed by atoms with Crippen molar-refractivity contribution >= 4 is 50.9 Å². The third kappa shape index (κ3) is 4.83. The summed E-state index contributed by atoms with van der Waals surface area (Å²) in [7, 11) is -3.81. The molecule has 2 aromatic rings. The van der Waals surface area contributed by atoms with E-state index in [9.17, 15) is 13.2 Å². The first-order valence-corrected chi connectivity index (χ1v) is 12.2. The van der Waals surface area contributed by atoms with Crippen LogP contribution >= 0.6 is 35.0 Å². The lowest BCUT2D eigenvalue weighted by molar-refractivity contribution is 0.0789. The van der Waals surface area contributed by atoms with Crippen LogP contribution in [0.1, 0.15) is 28.8 Å². The van der Waals surface area contributed by atoms with Crippen LogP contribution in [0.15, 0.2) is 46.2 Å². The molecular formula is C19H20Cl2N2O3S2. The van der Waals surface area contributed by atoms with Gasteiger partial charge in [-0.15, -0.1) is 11.8 Å². The minimum absolute atomic E-state index is 0.0258. The molecule has 1 N–H and O–H groups in total. The fraction of sp³-hybridized carbons (Fsp3) is 0.316. The van der Waals surface area contributed by atoms with Crippen LogP contribution in [-0.2, 0) is 16.6 Å². The van der Waals surface area contributed by atoms with Gasteiger partial charge in [0.05, 0.1) is 10.5 Å². The average molecular weight is 459 g/mol. The maximum absolute atomic E-state index is 12.8. The van der Waals surface area contributed by atoms with Gasteiger partial charge in [-0.25, -0.2) is 13.1 Å². The summed E-state index contributed by atoms with van der Waals surface area (Å²) in [5.41, 5.74) is 1.03. The van der Waals surface area contributed by atoms with Gasteiger partial charge in [-0.05, 0) is 55.0 Å². The molecule has 1 fully saturated rings. The fourth-order valence-electron chi connectivity index (χ4n) is 3.03. The number of hydrogen-bond donors (Lipinski definition) is 1. The molecule has 0 aromatic heterocycles. The van der Waals surface area contributed by atoms with Crippen LogP contribution in [0.25, 0.3) is 0 Å². The van der Waals surface area contributed by atoms with E-state index in [1.54, 1.807) is 29.2 Å². The summed E-state index contributed by atoms with van der Waals surface area (Å²) < 4.78 is 28.1. The second-order valence-electron chi connectivity index (χ2n) is 6.42. The van der Waals surface area contributed by atoms with Crippen molar-refractivity contribution in [2.45, 2.75) is 29.2 Å². The largest absolute Gasteiger partial charge is 0.339 e. The van der Waals surface area contributed by atoms with Crippen LogP contribution in [0.3, 0.4) is 0 Å². The molecule has 0 radical (unpaired) electrons. The number of carbonyl (C=O) groups excluding carboxylic acids is 1. The zero-order valence-corrected chi connectivity index (χ0v) is 18.4. The van der Waals surface area contributed by atoms with E-state index in [1.165, 1.54) is 23.9 Å². The predicted molar refractivity (Wildman–Crippen MR) is 114 cm³/mol. The Morgan fingerprint density at radius 3 is 2.50 bits per heavy atom. The molecule has 0 bridgehead atoms. The molecule has 28 heavy (non-hydrogen) atoms. The smallest absolute Gasteiger partial charge is 0.255 e. The lowest BCUT2D eigenvalue weighted by Gasteiger charge is -2.18. The number of likely N-dealkylation sites (tertiary alicyclic amines) is 1. The quantitative estimate of drug-likeness (QED) is 0.650. The highest BCUT2D eigenvalue weighted by molar-refractivity contribution is 7.98. The van der Waals surface area contributed by atoms with Crippen molar-refractivity contribution in [3.8, 4) is 0 Å². The lowest BCUT2D eigenvalue weighted by atomic mass is 10.2. The topological polar surface area (TPSA) is 66.5 Å². The maximum atomic E-state index is 12.8. The van der Waals surface area contributed by atoms with E-state index >= 15 is 0 Å². The van der Waals surface area contributed by atoms with Crippen LogP contribution in [-0.4, -0.2) is 38.6 Å². The molecule has 3 rings (SSSR count). The standard InChI is InChI=1S/C19H20Cl2N2O3S2/c1-27-18-7-6-15(11-16(18)19(24)23-8-2-3-9-23)28(25,26)22-12-13-4-5-14(20)10-17(13)21/h4-7,10-11,22H,2-3,8-9,12H2,1H3. The molecule has 2 aromatic carbocycles. The zero-order valence-electron chi connectivity index (χ0n) is 15.2. The summed E-state index contributed by atoms with van der Waals surface area (Å²) >= 11 is 13.4. The van der Waals surface area contributed by atoms with Gasteiger partial charge in [0.15, 0.2) is 0 Å². The zero-order chi connectivity index (χ0) is 20.3. The monoisotopic (exact) mass is 458 g/mol. The Balaban J connectivity index is 1.84. The number of halogens is 2. The third-order valence-corrected chi connectivity index (χ3v) is 7.35. The van der Waals surface area contributed by atoms with E-state index in [2.05, 4.69) is 4.72 Å². The van der Waals surface area contributed by atoms with Gasteiger partial charge in [-0.2, -0.15) is 0 Å². The van der Waals surface area contributed by atoms with E-state index in [4.69, 9.17) is 23.2 Å². The van der Waals surface area contributed by atoms with Gasteiger partial charge in [0.25, 0.3) is 5.91 Å². The first-order valence-electron chi connectivity index (χ1n) is 8.73. The molecule has 1 aliphatic heterocycles. The number of sulfonamides is 1. The summed E-state index contributed by atoms with van der Waals surface area (Å²) in [6, 6.07) is 9.53. The number of rotatable bonds is 6. The van der Waals surface area contributed by atoms with Crippen molar-refractivity contribution in [3.63, 3.8) is 0 Å². The van der Waals surface area contributed by atoms with E-state index in [0.717, 1.165) is 17.7 Å². The van der Waals surface area contributed by atoms with Crippen LogP contribution in [0.5, 0.6) is 0 Å². The molecule has 0 saturated carbocycles. The van der Waals surface area contributed by atoms with Gasteiger partial charge in [-0.1, -0.05) is 29.3 Å². The van der Waals surface area contributed by atoms with Crippen LogP contribution in [0, 0.1) is 0 Å². The Kier molecular flexibility index (Phi) is 6.94. The second kappa shape index (κ2) is 9.05. The number of carbonyl (C=O) groups is 1. The number of hydrogen-bond acceptors (Lipinski definition) is 4. The molecule has 0 atom stereocenters. The molecule has 150 valence electrons. The Hall–Kier alpha value is -1.25. The highest BCUT2D eigenvalue weighted by atomic mass is 35.5. The molecule has 9 heteroatoms. The highest BCUT2D eigenvalue weighted by Gasteiger charge is 2.24. The molecule has 0 spiro atoms. The number of nitrogens with zero attached hydrogens (tertiary/aromatic N) is 1. The normalized spacial score (nSPS) is 14.5. The molecule has 1 heterocycles. The fourth-order valence-corrected chi connectivity index (χ4v) is 5.11. The summed E-state index contributed by atoms with van der Waals surface area (Å²) in [5, 5.41) is 0.868. The van der Waals surface area contributed by atoms with E-state index < -0.39 is 10.0 Å². The lowest BCUT2D eigenvalue weighted by Crippen LogP contribution is -2.29. The first-order chi connectivity index (χ1) is 13.3. The minimum Gasteiger partial charge on any atom is -0.339 e. The van der Waals surface area contributed by atoms with Gasteiger partial charge in [0.1, 0.15) is 0 Å². The summed E-state index contributed by atoms with van der Waals surface area (Å²) in [4.78, 5) is 15.4.